The number of benzene rings is 2. The van der Waals surface area contributed by atoms with Gasteiger partial charge in [-0.15, -0.1) is 0 Å². The molecular weight excluding hydrogens is 279 g/mol. The first kappa shape index (κ1) is 14.8. The van der Waals surface area contributed by atoms with Crippen LogP contribution in [-0.2, 0) is 6.42 Å². The molecule has 0 fully saturated rings. The highest BCUT2D eigenvalue weighted by Gasteiger charge is 2.17. The first-order valence-corrected chi connectivity index (χ1v) is 6.57. The van der Waals surface area contributed by atoms with E-state index in [0.29, 0.717) is 17.0 Å². The minimum Gasteiger partial charge on any atom is -0.494 e. The Kier molecular flexibility index (Phi) is 4.95. The second-order valence-corrected chi connectivity index (χ2v) is 4.79. The Labute approximate surface area is 122 Å². The van der Waals surface area contributed by atoms with E-state index in [-0.39, 0.29) is 17.6 Å². The molecule has 0 amide bonds. The Morgan fingerprint density at radius 3 is 2.65 bits per heavy atom. The Balaban J connectivity index is 2.30. The van der Waals surface area contributed by atoms with Crippen molar-refractivity contribution in [3.05, 3.63) is 64.4 Å². The summed E-state index contributed by atoms with van der Waals surface area (Å²) < 4.78 is 19.1. The fraction of sp³-hybridized carbons (Fsp3) is 0.200. The smallest absolute Gasteiger partial charge is 0.168 e. The van der Waals surface area contributed by atoms with Crippen LogP contribution in [0.15, 0.2) is 42.5 Å². The molecule has 0 spiro atoms. The molecule has 3 N–H and O–H groups in total. The van der Waals surface area contributed by atoms with Gasteiger partial charge in [-0.1, -0.05) is 41.9 Å². The monoisotopic (exact) mass is 294 g/mol. The number of nitrogens with two attached hydrogens (primary N) is 1. The molecule has 2 rings (SSSR count). The molecule has 106 valence electrons. The molecule has 3 nitrogen and oxygen atoms in total. The van der Waals surface area contributed by atoms with Gasteiger partial charge >= 0.3 is 0 Å². The second kappa shape index (κ2) is 6.70. The van der Waals surface area contributed by atoms with E-state index in [1.165, 1.54) is 7.11 Å². The van der Waals surface area contributed by atoms with Gasteiger partial charge in [-0.3, -0.25) is 11.3 Å². The lowest BCUT2D eigenvalue weighted by Gasteiger charge is -2.18. The van der Waals surface area contributed by atoms with Crippen LogP contribution < -0.4 is 16.0 Å². The maximum absolute atomic E-state index is 14.2. The molecule has 20 heavy (non-hydrogen) atoms. The molecule has 0 heterocycles. The standard InChI is InChI=1S/C15H16ClFN2O/c1-20-14-8-4-5-10(15(14)17)9-13(19-18)11-6-2-3-7-12(11)16/h2-8,13,19H,9,18H2,1H3. The van der Waals surface area contributed by atoms with Crippen LogP contribution in [0.25, 0.3) is 0 Å². The van der Waals surface area contributed by atoms with Gasteiger partial charge < -0.3 is 4.74 Å². The fourth-order valence-electron chi connectivity index (χ4n) is 2.11. The topological polar surface area (TPSA) is 47.3 Å². The van der Waals surface area contributed by atoms with Gasteiger partial charge in [-0.05, 0) is 29.7 Å². The first-order chi connectivity index (χ1) is 9.67. The number of hydrogen-bond acceptors (Lipinski definition) is 3. The highest BCUT2D eigenvalue weighted by atomic mass is 35.5. The van der Waals surface area contributed by atoms with Crippen molar-refractivity contribution < 1.29 is 9.13 Å². The van der Waals surface area contributed by atoms with E-state index in [1.807, 2.05) is 18.2 Å². The van der Waals surface area contributed by atoms with Crippen molar-refractivity contribution in [3.8, 4) is 5.75 Å². The zero-order valence-corrected chi connectivity index (χ0v) is 11.8. The summed E-state index contributed by atoms with van der Waals surface area (Å²) >= 11 is 6.15. The van der Waals surface area contributed by atoms with Crippen LogP contribution >= 0.6 is 11.6 Å². The third-order valence-corrected chi connectivity index (χ3v) is 3.51. The summed E-state index contributed by atoms with van der Waals surface area (Å²) in [5.74, 6) is 5.43. The fourth-order valence-corrected chi connectivity index (χ4v) is 2.38. The first-order valence-electron chi connectivity index (χ1n) is 6.19. The van der Waals surface area contributed by atoms with E-state index in [1.54, 1.807) is 24.3 Å². The van der Waals surface area contributed by atoms with Gasteiger partial charge in [-0.25, -0.2) is 4.39 Å². The molecule has 1 atom stereocenters. The molecule has 2 aromatic carbocycles. The van der Waals surface area contributed by atoms with Crippen LogP contribution in [0.4, 0.5) is 4.39 Å². The van der Waals surface area contributed by atoms with Crippen molar-refractivity contribution in [2.75, 3.05) is 7.11 Å². The predicted octanol–water partition coefficient (Wildman–Crippen LogP) is 3.23. The average molecular weight is 295 g/mol. The highest BCUT2D eigenvalue weighted by Crippen LogP contribution is 2.28. The summed E-state index contributed by atoms with van der Waals surface area (Å²) in [6, 6.07) is 12.1. The van der Waals surface area contributed by atoms with Crippen LogP contribution in [0.3, 0.4) is 0 Å². The number of rotatable bonds is 5. The molecule has 2 aromatic rings. The number of ether oxygens (including phenoxy) is 1. The van der Waals surface area contributed by atoms with Crippen LogP contribution in [0, 0.1) is 5.82 Å². The van der Waals surface area contributed by atoms with Gasteiger partial charge in [0.2, 0.25) is 0 Å². The summed E-state index contributed by atoms with van der Waals surface area (Å²) in [6.07, 6.45) is 0.378. The molecular formula is C15H16ClFN2O. The van der Waals surface area contributed by atoms with Crippen LogP contribution in [0.2, 0.25) is 5.02 Å². The molecule has 0 saturated carbocycles. The summed E-state index contributed by atoms with van der Waals surface area (Å²) in [5, 5.41) is 0.596. The molecule has 0 bridgehead atoms. The molecule has 0 radical (unpaired) electrons. The van der Waals surface area contributed by atoms with Gasteiger partial charge in [-0.2, -0.15) is 0 Å². The molecule has 1 unspecified atom stereocenters. The van der Waals surface area contributed by atoms with Crippen LogP contribution in [0.1, 0.15) is 17.2 Å². The molecule has 0 aliphatic carbocycles. The molecule has 0 aliphatic rings. The maximum atomic E-state index is 14.2. The van der Waals surface area contributed by atoms with E-state index in [2.05, 4.69) is 5.43 Å². The van der Waals surface area contributed by atoms with E-state index in [9.17, 15) is 4.39 Å². The largest absolute Gasteiger partial charge is 0.494 e. The van der Waals surface area contributed by atoms with Crippen molar-refractivity contribution >= 4 is 11.6 Å². The zero-order chi connectivity index (χ0) is 14.5. The third-order valence-electron chi connectivity index (χ3n) is 3.17. The minimum absolute atomic E-state index is 0.220. The van der Waals surface area contributed by atoms with Crippen molar-refractivity contribution in [2.45, 2.75) is 12.5 Å². The number of hydrogen-bond donors (Lipinski definition) is 2. The van der Waals surface area contributed by atoms with E-state index < -0.39 is 0 Å². The molecule has 0 aromatic heterocycles. The lowest BCUT2D eigenvalue weighted by atomic mass is 9.99. The van der Waals surface area contributed by atoms with Gasteiger partial charge in [0.1, 0.15) is 0 Å². The van der Waals surface area contributed by atoms with Gasteiger partial charge in [0, 0.05) is 5.02 Å². The van der Waals surface area contributed by atoms with Crippen molar-refractivity contribution in [2.24, 2.45) is 5.84 Å². The van der Waals surface area contributed by atoms with Gasteiger partial charge in [0.25, 0.3) is 0 Å². The van der Waals surface area contributed by atoms with Gasteiger partial charge in [0.15, 0.2) is 11.6 Å². The van der Waals surface area contributed by atoms with E-state index >= 15 is 0 Å². The van der Waals surface area contributed by atoms with Crippen molar-refractivity contribution in [1.29, 1.82) is 0 Å². The van der Waals surface area contributed by atoms with E-state index in [4.69, 9.17) is 22.2 Å². The van der Waals surface area contributed by atoms with E-state index in [0.717, 1.165) is 5.56 Å². The summed E-state index contributed by atoms with van der Waals surface area (Å²) in [5.41, 5.74) is 4.03. The highest BCUT2D eigenvalue weighted by molar-refractivity contribution is 6.31. The minimum atomic E-state index is -0.373. The number of methoxy groups -OCH3 is 1. The Bertz CT molecular complexity index is 592. The number of halogens is 2. The Morgan fingerprint density at radius 1 is 1.25 bits per heavy atom. The molecule has 0 aliphatic heterocycles. The van der Waals surface area contributed by atoms with Gasteiger partial charge in [0.05, 0.1) is 13.2 Å². The van der Waals surface area contributed by atoms with Crippen molar-refractivity contribution in [1.82, 2.24) is 5.43 Å². The molecule has 0 saturated heterocycles. The normalized spacial score (nSPS) is 12.2. The quantitative estimate of drug-likeness (QED) is 0.657. The Morgan fingerprint density at radius 2 is 2.00 bits per heavy atom. The SMILES string of the molecule is COc1cccc(CC(NN)c2ccccc2Cl)c1F. The number of nitrogens with one attached hydrogen (secondary N) is 1. The zero-order valence-electron chi connectivity index (χ0n) is 11.1. The maximum Gasteiger partial charge on any atom is 0.168 e. The molecule has 5 heteroatoms. The van der Waals surface area contributed by atoms with Crippen LogP contribution in [0.5, 0.6) is 5.75 Å². The third kappa shape index (κ3) is 3.10. The van der Waals surface area contributed by atoms with Crippen molar-refractivity contribution in [3.63, 3.8) is 0 Å². The summed E-state index contributed by atoms with van der Waals surface area (Å²) in [4.78, 5) is 0. The lowest BCUT2D eigenvalue weighted by molar-refractivity contribution is 0.382. The predicted molar refractivity (Wildman–Crippen MR) is 78.2 cm³/mol. The Hall–Kier alpha value is -1.62. The van der Waals surface area contributed by atoms with Crippen LogP contribution in [-0.4, -0.2) is 7.11 Å². The lowest BCUT2D eigenvalue weighted by Crippen LogP contribution is -2.30. The summed E-state index contributed by atoms with van der Waals surface area (Å²) in [6.45, 7) is 0. The second-order valence-electron chi connectivity index (χ2n) is 4.38. The summed E-state index contributed by atoms with van der Waals surface area (Å²) in [7, 11) is 1.44. The number of hydrazine groups is 1. The average Bonchev–Trinajstić information content (AvgIpc) is 2.47.